The van der Waals surface area contributed by atoms with Crippen LogP contribution in [0, 0.1) is 0 Å². The standard InChI is InChI=1S/C63H51NO3/c1-65-61-43-55(37-34-52(61)40-58(46-22-10-4-11-23-46)47-24-12-5-13-25-47)64(56-38-35-53(62(44-56)66-2)41-59(48-26-14-6-15-27-48)49-28-16-7-17-29-49)57-39-36-54(63(45-57)67-3)42-60(50-30-18-8-19-31-50)51-32-20-9-21-33-51/h4-45H,1-3H3. The summed E-state index contributed by atoms with van der Waals surface area (Å²) in [7, 11) is 5.19. The fourth-order valence-electron chi connectivity index (χ4n) is 8.49. The lowest BCUT2D eigenvalue weighted by Crippen LogP contribution is -2.11. The van der Waals surface area contributed by atoms with Crippen LogP contribution in [-0.4, -0.2) is 21.3 Å². The van der Waals surface area contributed by atoms with Crippen molar-refractivity contribution in [2.45, 2.75) is 0 Å². The third kappa shape index (κ3) is 10.0. The molecule has 0 fully saturated rings. The van der Waals surface area contributed by atoms with Gasteiger partial charge in [-0.05, 0) is 105 Å². The number of rotatable bonds is 15. The lowest BCUT2D eigenvalue weighted by atomic mass is 9.95. The Morgan fingerprint density at radius 3 is 0.687 bits per heavy atom. The molecule has 0 bridgehead atoms. The number of hydrogen-bond acceptors (Lipinski definition) is 4. The molecule has 0 saturated carbocycles. The molecule has 0 aliphatic heterocycles. The van der Waals surface area contributed by atoms with E-state index in [-0.39, 0.29) is 0 Å². The molecule has 67 heavy (non-hydrogen) atoms. The second-order valence-corrected chi connectivity index (χ2v) is 16.0. The minimum Gasteiger partial charge on any atom is -0.496 e. The highest BCUT2D eigenvalue weighted by Gasteiger charge is 2.20. The molecule has 4 heteroatoms. The number of anilines is 3. The lowest BCUT2D eigenvalue weighted by Gasteiger charge is -2.27. The van der Waals surface area contributed by atoms with E-state index in [1.54, 1.807) is 21.3 Å². The molecule has 0 aliphatic carbocycles. The molecule has 0 amide bonds. The average molecular weight is 870 g/mol. The van der Waals surface area contributed by atoms with E-state index >= 15 is 0 Å². The van der Waals surface area contributed by atoms with Crippen LogP contribution in [0.25, 0.3) is 34.9 Å². The largest absolute Gasteiger partial charge is 0.496 e. The Labute approximate surface area is 394 Å². The summed E-state index contributed by atoms with van der Waals surface area (Å²) in [5.41, 5.74) is 15.6. The van der Waals surface area contributed by atoms with E-state index in [0.29, 0.717) is 0 Å². The summed E-state index contributed by atoms with van der Waals surface area (Å²) in [5.74, 6) is 2.20. The summed E-state index contributed by atoms with van der Waals surface area (Å²) in [4.78, 5) is 2.22. The summed E-state index contributed by atoms with van der Waals surface area (Å²) >= 11 is 0. The predicted octanol–water partition coefficient (Wildman–Crippen LogP) is 15.9. The van der Waals surface area contributed by atoms with Gasteiger partial charge in [0.25, 0.3) is 0 Å². The zero-order valence-corrected chi connectivity index (χ0v) is 37.9. The number of methoxy groups -OCH3 is 3. The number of nitrogens with zero attached hydrogens (tertiary/aromatic N) is 1. The van der Waals surface area contributed by atoms with Gasteiger partial charge in [0.2, 0.25) is 0 Å². The highest BCUT2D eigenvalue weighted by Crippen LogP contribution is 2.43. The van der Waals surface area contributed by atoms with Crippen LogP contribution in [0.5, 0.6) is 17.2 Å². The molecule has 0 radical (unpaired) electrons. The molecule has 0 saturated heterocycles. The van der Waals surface area contributed by atoms with Crippen molar-refractivity contribution in [3.63, 3.8) is 0 Å². The van der Waals surface area contributed by atoms with Crippen LogP contribution in [0.2, 0.25) is 0 Å². The molecule has 9 aromatic rings. The van der Waals surface area contributed by atoms with E-state index in [1.165, 1.54) is 0 Å². The Bertz CT molecular complexity index is 2680. The minimum absolute atomic E-state index is 0.732. The summed E-state index contributed by atoms with van der Waals surface area (Å²) in [5, 5.41) is 0. The first-order valence-corrected chi connectivity index (χ1v) is 22.4. The van der Waals surface area contributed by atoms with Gasteiger partial charge in [-0.3, -0.25) is 0 Å². The molecule has 9 rings (SSSR count). The topological polar surface area (TPSA) is 30.9 Å². The smallest absolute Gasteiger partial charge is 0.128 e. The number of ether oxygens (including phenoxy) is 3. The Balaban J connectivity index is 1.20. The van der Waals surface area contributed by atoms with Crippen LogP contribution in [0.1, 0.15) is 50.1 Å². The normalized spacial score (nSPS) is 10.6. The van der Waals surface area contributed by atoms with Crippen LogP contribution in [-0.2, 0) is 0 Å². The second-order valence-electron chi connectivity index (χ2n) is 16.0. The number of benzene rings is 9. The minimum atomic E-state index is 0.732. The maximum Gasteiger partial charge on any atom is 0.128 e. The SMILES string of the molecule is COc1cc(N(c2ccc(C=C(c3ccccc3)c3ccccc3)c(OC)c2)c2ccc(C=C(c3ccccc3)c3ccccc3)c(OC)c2)ccc1C=C(c1ccccc1)c1ccccc1. The zero-order valence-electron chi connectivity index (χ0n) is 37.9. The molecule has 326 valence electrons. The zero-order chi connectivity index (χ0) is 45.8. The summed E-state index contributed by atoms with van der Waals surface area (Å²) in [6, 6.07) is 82.0. The maximum absolute atomic E-state index is 6.23. The lowest BCUT2D eigenvalue weighted by molar-refractivity contribution is 0.413. The van der Waals surface area contributed by atoms with Gasteiger partial charge in [0, 0.05) is 52.0 Å². The monoisotopic (exact) mass is 869 g/mol. The van der Waals surface area contributed by atoms with E-state index in [1.807, 2.05) is 36.4 Å². The van der Waals surface area contributed by atoms with E-state index < -0.39 is 0 Å². The van der Waals surface area contributed by atoms with Crippen molar-refractivity contribution in [3.8, 4) is 17.2 Å². The van der Waals surface area contributed by atoms with Crippen molar-refractivity contribution < 1.29 is 14.2 Å². The Kier molecular flexibility index (Phi) is 13.6. The Morgan fingerprint density at radius 2 is 0.493 bits per heavy atom. The third-order valence-corrected chi connectivity index (χ3v) is 11.8. The highest BCUT2D eigenvalue weighted by atomic mass is 16.5. The molecular weight excluding hydrogens is 819 g/mol. The number of hydrogen-bond donors (Lipinski definition) is 0. The van der Waals surface area contributed by atoms with Crippen molar-refractivity contribution in [2.75, 3.05) is 26.2 Å². The molecule has 0 aliphatic rings. The van der Waals surface area contributed by atoms with Crippen LogP contribution >= 0.6 is 0 Å². The van der Waals surface area contributed by atoms with Crippen molar-refractivity contribution >= 4 is 52.0 Å². The summed E-state index contributed by atoms with van der Waals surface area (Å²) < 4.78 is 18.7. The van der Waals surface area contributed by atoms with Gasteiger partial charge in [0.15, 0.2) is 0 Å². The molecule has 0 aromatic heterocycles. The van der Waals surface area contributed by atoms with E-state index in [9.17, 15) is 0 Å². The second kappa shape index (κ2) is 20.9. The summed E-state index contributed by atoms with van der Waals surface area (Å²) in [6.07, 6.45) is 6.63. The first-order valence-electron chi connectivity index (χ1n) is 22.4. The van der Waals surface area contributed by atoms with Gasteiger partial charge < -0.3 is 19.1 Å². The quantitative estimate of drug-likeness (QED) is 0.0961. The predicted molar refractivity (Wildman–Crippen MR) is 280 cm³/mol. The molecule has 0 spiro atoms. The average Bonchev–Trinajstić information content (AvgIpc) is 3.41. The van der Waals surface area contributed by atoms with E-state index in [0.717, 1.165) is 101 Å². The van der Waals surface area contributed by atoms with Gasteiger partial charge in [0.05, 0.1) is 21.3 Å². The van der Waals surface area contributed by atoms with Crippen molar-refractivity contribution in [1.29, 1.82) is 0 Å². The van der Waals surface area contributed by atoms with Crippen LogP contribution < -0.4 is 19.1 Å². The Morgan fingerprint density at radius 1 is 0.284 bits per heavy atom. The highest BCUT2D eigenvalue weighted by molar-refractivity contribution is 5.96. The molecular formula is C63H51NO3. The summed E-state index contributed by atoms with van der Waals surface area (Å²) in [6.45, 7) is 0. The third-order valence-electron chi connectivity index (χ3n) is 11.8. The van der Waals surface area contributed by atoms with Gasteiger partial charge in [-0.2, -0.15) is 0 Å². The van der Waals surface area contributed by atoms with Gasteiger partial charge >= 0.3 is 0 Å². The molecule has 4 nitrogen and oxygen atoms in total. The fourth-order valence-corrected chi connectivity index (χ4v) is 8.49. The molecule has 9 aromatic carbocycles. The first kappa shape index (κ1) is 43.6. The van der Waals surface area contributed by atoms with E-state index in [2.05, 4.69) is 223 Å². The van der Waals surface area contributed by atoms with Crippen molar-refractivity contribution in [3.05, 3.63) is 287 Å². The van der Waals surface area contributed by atoms with Crippen LogP contribution in [0.15, 0.2) is 237 Å². The van der Waals surface area contributed by atoms with Gasteiger partial charge in [-0.25, -0.2) is 0 Å². The molecule has 0 atom stereocenters. The van der Waals surface area contributed by atoms with Crippen molar-refractivity contribution in [1.82, 2.24) is 0 Å². The van der Waals surface area contributed by atoms with Gasteiger partial charge in [-0.1, -0.05) is 182 Å². The molecule has 0 heterocycles. The first-order chi connectivity index (χ1) is 33.1. The van der Waals surface area contributed by atoms with Gasteiger partial charge in [-0.15, -0.1) is 0 Å². The fraction of sp³-hybridized carbons (Fsp3) is 0.0476. The molecule has 0 unspecified atom stereocenters. The van der Waals surface area contributed by atoms with Gasteiger partial charge in [0.1, 0.15) is 17.2 Å². The maximum atomic E-state index is 6.23. The van der Waals surface area contributed by atoms with Crippen molar-refractivity contribution in [2.24, 2.45) is 0 Å². The molecule has 0 N–H and O–H groups in total. The van der Waals surface area contributed by atoms with Crippen LogP contribution in [0.4, 0.5) is 17.1 Å². The van der Waals surface area contributed by atoms with Crippen LogP contribution in [0.3, 0.4) is 0 Å². The van der Waals surface area contributed by atoms with E-state index in [4.69, 9.17) is 14.2 Å². The Hall–Kier alpha value is -8.60.